The fraction of sp³-hybridized carbons (Fsp3) is 0.538. The molecule has 4 heteroatoms. The van der Waals surface area contributed by atoms with Crippen LogP contribution in [0.1, 0.15) is 12.5 Å². The smallest absolute Gasteiger partial charge is 0.137 e. The quantitative estimate of drug-likeness (QED) is 0.821. The maximum Gasteiger partial charge on any atom is 0.137 e. The van der Waals surface area contributed by atoms with Crippen LogP contribution in [-0.2, 0) is 6.42 Å². The summed E-state index contributed by atoms with van der Waals surface area (Å²) in [6.07, 6.45) is 0.853. The van der Waals surface area contributed by atoms with E-state index >= 15 is 0 Å². The van der Waals surface area contributed by atoms with E-state index in [-0.39, 0.29) is 12.5 Å². The van der Waals surface area contributed by atoms with Gasteiger partial charge in [0.15, 0.2) is 0 Å². The van der Waals surface area contributed by atoms with Gasteiger partial charge >= 0.3 is 0 Å². The van der Waals surface area contributed by atoms with Crippen LogP contribution in [0.3, 0.4) is 0 Å². The summed E-state index contributed by atoms with van der Waals surface area (Å²) in [4.78, 5) is 0. The number of benzene rings is 1. The van der Waals surface area contributed by atoms with Gasteiger partial charge in [0.2, 0.25) is 0 Å². The summed E-state index contributed by atoms with van der Waals surface area (Å²) in [6.45, 7) is 2.72. The summed E-state index contributed by atoms with van der Waals surface area (Å²) in [6, 6.07) is 5.76. The lowest BCUT2D eigenvalue weighted by Crippen LogP contribution is -2.26. The molecular formula is C13H20ClNO2. The topological polar surface area (TPSA) is 55.5 Å². The molecule has 1 aromatic carbocycles. The maximum atomic E-state index is 9.19. The first kappa shape index (κ1) is 14.3. The van der Waals surface area contributed by atoms with Gasteiger partial charge in [-0.05, 0) is 42.5 Å². The Labute approximate surface area is 108 Å². The molecule has 1 rings (SSSR count). The highest BCUT2D eigenvalue weighted by atomic mass is 35.5. The minimum Gasteiger partial charge on any atom is -0.495 e. The summed E-state index contributed by atoms with van der Waals surface area (Å²) in [7, 11) is 1.60. The van der Waals surface area contributed by atoms with E-state index in [1.165, 1.54) is 0 Å². The van der Waals surface area contributed by atoms with Gasteiger partial charge in [0.1, 0.15) is 5.75 Å². The summed E-state index contributed by atoms with van der Waals surface area (Å²) in [5.41, 5.74) is 6.74. The van der Waals surface area contributed by atoms with Crippen LogP contribution in [0.25, 0.3) is 0 Å². The molecule has 0 aliphatic heterocycles. The maximum absolute atomic E-state index is 9.19. The molecule has 0 heterocycles. The highest BCUT2D eigenvalue weighted by Gasteiger charge is 2.15. The van der Waals surface area contributed by atoms with Gasteiger partial charge in [0.05, 0.1) is 12.1 Å². The third-order valence-corrected chi connectivity index (χ3v) is 3.41. The first-order valence-corrected chi connectivity index (χ1v) is 6.13. The molecule has 2 atom stereocenters. The van der Waals surface area contributed by atoms with Gasteiger partial charge in [-0.15, -0.1) is 0 Å². The van der Waals surface area contributed by atoms with E-state index in [0.717, 1.165) is 12.0 Å². The van der Waals surface area contributed by atoms with Crippen molar-refractivity contribution in [3.05, 3.63) is 28.8 Å². The largest absolute Gasteiger partial charge is 0.495 e. The minimum absolute atomic E-state index is 0.127. The number of rotatable bonds is 6. The van der Waals surface area contributed by atoms with Crippen molar-refractivity contribution in [1.82, 2.24) is 0 Å². The predicted molar refractivity (Wildman–Crippen MR) is 70.5 cm³/mol. The number of aliphatic hydroxyl groups is 1. The van der Waals surface area contributed by atoms with Crippen LogP contribution in [0.15, 0.2) is 18.2 Å². The van der Waals surface area contributed by atoms with E-state index in [4.69, 9.17) is 22.1 Å². The Balaban J connectivity index is 2.71. The number of halogens is 1. The molecule has 3 nitrogen and oxygen atoms in total. The lowest BCUT2D eigenvalue weighted by atomic mass is 9.89. The Hall–Kier alpha value is -0.770. The Kier molecular flexibility index (Phi) is 5.75. The first-order chi connectivity index (χ1) is 8.12. The Morgan fingerprint density at radius 2 is 2.18 bits per heavy atom. The number of aliphatic hydroxyl groups excluding tert-OH is 1. The van der Waals surface area contributed by atoms with E-state index in [1.807, 2.05) is 18.2 Å². The van der Waals surface area contributed by atoms with Crippen LogP contribution in [0.5, 0.6) is 5.75 Å². The number of nitrogens with two attached hydrogens (primary N) is 1. The van der Waals surface area contributed by atoms with Crippen molar-refractivity contribution in [3.8, 4) is 5.75 Å². The van der Waals surface area contributed by atoms with Crippen LogP contribution in [0.4, 0.5) is 0 Å². The number of hydrogen-bond donors (Lipinski definition) is 2. The van der Waals surface area contributed by atoms with E-state index in [1.54, 1.807) is 7.11 Å². The van der Waals surface area contributed by atoms with Gasteiger partial charge < -0.3 is 15.6 Å². The van der Waals surface area contributed by atoms with Crippen LogP contribution in [0, 0.1) is 11.8 Å². The van der Waals surface area contributed by atoms with E-state index in [2.05, 4.69) is 6.92 Å². The zero-order valence-corrected chi connectivity index (χ0v) is 11.1. The summed E-state index contributed by atoms with van der Waals surface area (Å²) < 4.78 is 5.10. The molecule has 0 aliphatic carbocycles. The highest BCUT2D eigenvalue weighted by molar-refractivity contribution is 6.32. The van der Waals surface area contributed by atoms with Crippen LogP contribution in [0.2, 0.25) is 5.02 Å². The van der Waals surface area contributed by atoms with Crippen LogP contribution < -0.4 is 10.5 Å². The normalized spacial score (nSPS) is 14.4. The third-order valence-electron chi connectivity index (χ3n) is 3.12. The van der Waals surface area contributed by atoms with Crippen molar-refractivity contribution < 1.29 is 9.84 Å². The number of methoxy groups -OCH3 is 1. The molecule has 0 spiro atoms. The third kappa shape index (κ3) is 3.87. The second kappa shape index (κ2) is 6.84. The Bertz CT molecular complexity index is 353. The summed E-state index contributed by atoms with van der Waals surface area (Å²) >= 11 is 6.06. The second-order valence-electron chi connectivity index (χ2n) is 4.33. The Morgan fingerprint density at radius 1 is 1.47 bits per heavy atom. The van der Waals surface area contributed by atoms with Gasteiger partial charge in [-0.25, -0.2) is 0 Å². The zero-order valence-electron chi connectivity index (χ0n) is 10.3. The molecule has 0 saturated heterocycles. The highest BCUT2D eigenvalue weighted by Crippen LogP contribution is 2.27. The molecule has 2 unspecified atom stereocenters. The van der Waals surface area contributed by atoms with E-state index < -0.39 is 0 Å². The van der Waals surface area contributed by atoms with Crippen molar-refractivity contribution in [2.45, 2.75) is 13.3 Å². The number of hydrogen-bond acceptors (Lipinski definition) is 3. The van der Waals surface area contributed by atoms with Crippen molar-refractivity contribution in [2.75, 3.05) is 20.3 Å². The van der Waals surface area contributed by atoms with Crippen molar-refractivity contribution in [1.29, 1.82) is 0 Å². The number of ether oxygens (including phenoxy) is 1. The molecule has 0 radical (unpaired) electrons. The van der Waals surface area contributed by atoms with E-state index in [9.17, 15) is 5.11 Å². The molecule has 96 valence electrons. The molecule has 0 fully saturated rings. The molecule has 0 saturated carbocycles. The standard InChI is InChI=1S/C13H20ClNO2/c1-9(11(7-15)8-16)5-10-3-4-13(17-2)12(14)6-10/h3-4,6,9,11,16H,5,7-8,15H2,1-2H3. The Morgan fingerprint density at radius 3 is 2.65 bits per heavy atom. The molecule has 1 aromatic rings. The second-order valence-corrected chi connectivity index (χ2v) is 4.74. The summed E-state index contributed by atoms with van der Waals surface area (Å²) in [5, 5.41) is 9.80. The lowest BCUT2D eigenvalue weighted by molar-refractivity contribution is 0.187. The van der Waals surface area contributed by atoms with Gasteiger partial charge in [0.25, 0.3) is 0 Å². The van der Waals surface area contributed by atoms with Gasteiger partial charge in [-0.1, -0.05) is 24.6 Å². The van der Waals surface area contributed by atoms with Crippen LogP contribution >= 0.6 is 11.6 Å². The molecule has 17 heavy (non-hydrogen) atoms. The van der Waals surface area contributed by atoms with Crippen molar-refractivity contribution in [2.24, 2.45) is 17.6 Å². The molecule has 0 aliphatic rings. The van der Waals surface area contributed by atoms with E-state index in [0.29, 0.717) is 23.2 Å². The average molecular weight is 258 g/mol. The monoisotopic (exact) mass is 257 g/mol. The summed E-state index contributed by atoms with van der Waals surface area (Å²) in [5.74, 6) is 1.14. The van der Waals surface area contributed by atoms with Gasteiger partial charge in [-0.3, -0.25) is 0 Å². The minimum atomic E-state index is 0.127. The van der Waals surface area contributed by atoms with Crippen molar-refractivity contribution >= 4 is 11.6 Å². The molecular weight excluding hydrogens is 238 g/mol. The van der Waals surface area contributed by atoms with Gasteiger partial charge in [0, 0.05) is 6.61 Å². The molecule has 3 N–H and O–H groups in total. The fourth-order valence-corrected chi connectivity index (χ4v) is 2.14. The SMILES string of the molecule is COc1ccc(CC(C)C(CN)CO)cc1Cl. The fourth-order valence-electron chi connectivity index (χ4n) is 1.86. The molecule has 0 bridgehead atoms. The first-order valence-electron chi connectivity index (χ1n) is 5.75. The lowest BCUT2D eigenvalue weighted by Gasteiger charge is -2.20. The molecule has 0 amide bonds. The average Bonchev–Trinajstić information content (AvgIpc) is 2.31. The predicted octanol–water partition coefficient (Wildman–Crippen LogP) is 2.09. The van der Waals surface area contributed by atoms with Gasteiger partial charge in [-0.2, -0.15) is 0 Å². The van der Waals surface area contributed by atoms with Crippen molar-refractivity contribution in [3.63, 3.8) is 0 Å². The molecule has 0 aromatic heterocycles. The van der Waals surface area contributed by atoms with Crippen LogP contribution in [-0.4, -0.2) is 25.4 Å². The zero-order chi connectivity index (χ0) is 12.8.